The molecular formula is C17H25ClN2O. The molecule has 0 fully saturated rings. The predicted molar refractivity (Wildman–Crippen MR) is 89.5 cm³/mol. The zero-order chi connectivity index (χ0) is 14.4. The second-order valence-corrected chi connectivity index (χ2v) is 5.34. The van der Waals surface area contributed by atoms with Gasteiger partial charge < -0.3 is 4.74 Å². The number of aromatic amines is 1. The van der Waals surface area contributed by atoms with Crippen molar-refractivity contribution in [3.8, 4) is 5.75 Å². The van der Waals surface area contributed by atoms with Crippen LogP contribution in [0, 0.1) is 20.8 Å². The van der Waals surface area contributed by atoms with Crippen LogP contribution in [0.2, 0.25) is 0 Å². The molecule has 116 valence electrons. The van der Waals surface area contributed by atoms with Gasteiger partial charge in [-0.2, -0.15) is 5.10 Å². The van der Waals surface area contributed by atoms with Gasteiger partial charge in [-0.1, -0.05) is 18.2 Å². The van der Waals surface area contributed by atoms with Crippen LogP contribution in [0.15, 0.2) is 24.3 Å². The van der Waals surface area contributed by atoms with E-state index in [9.17, 15) is 0 Å². The molecule has 0 aliphatic carbocycles. The Labute approximate surface area is 133 Å². The Bertz CT molecular complexity index is 532. The molecule has 0 saturated carbocycles. The first-order valence-corrected chi connectivity index (χ1v) is 7.37. The molecule has 0 saturated heterocycles. The van der Waals surface area contributed by atoms with Gasteiger partial charge in [-0.15, -0.1) is 12.4 Å². The maximum absolute atomic E-state index is 5.80. The van der Waals surface area contributed by atoms with E-state index >= 15 is 0 Å². The molecule has 0 radical (unpaired) electrons. The number of rotatable bonds is 7. The van der Waals surface area contributed by atoms with Crippen molar-refractivity contribution in [2.75, 3.05) is 6.61 Å². The standard InChI is InChI=1S/C17H24N2O.ClH/c1-13-9-6-7-11-17(13)20-12-8-4-5-10-16-14(2)18-19-15(16)3;/h6-7,9,11H,4-5,8,10,12H2,1-3H3,(H,18,19);1H. The van der Waals surface area contributed by atoms with Gasteiger partial charge in [-0.3, -0.25) is 5.10 Å². The van der Waals surface area contributed by atoms with Crippen molar-refractivity contribution in [1.29, 1.82) is 0 Å². The van der Waals surface area contributed by atoms with E-state index in [1.54, 1.807) is 0 Å². The van der Waals surface area contributed by atoms with Crippen LogP contribution in [0.25, 0.3) is 0 Å². The summed E-state index contributed by atoms with van der Waals surface area (Å²) in [6, 6.07) is 8.18. The highest BCUT2D eigenvalue weighted by molar-refractivity contribution is 5.85. The average Bonchev–Trinajstić information content (AvgIpc) is 2.76. The van der Waals surface area contributed by atoms with Gasteiger partial charge in [0.25, 0.3) is 0 Å². The second kappa shape index (κ2) is 8.73. The van der Waals surface area contributed by atoms with Crippen LogP contribution in [0.5, 0.6) is 5.75 Å². The van der Waals surface area contributed by atoms with E-state index in [-0.39, 0.29) is 12.4 Å². The third kappa shape index (κ3) is 5.09. The molecule has 0 amide bonds. The summed E-state index contributed by atoms with van der Waals surface area (Å²) in [6.07, 6.45) is 4.59. The first kappa shape index (κ1) is 17.6. The maximum Gasteiger partial charge on any atom is 0.122 e. The topological polar surface area (TPSA) is 37.9 Å². The Balaban J connectivity index is 0.00000220. The highest BCUT2D eigenvalue weighted by Crippen LogP contribution is 2.17. The van der Waals surface area contributed by atoms with Gasteiger partial charge in [0.2, 0.25) is 0 Å². The SMILES string of the molecule is Cc1ccccc1OCCCCCc1c(C)n[nH]c1C.Cl. The molecule has 1 aromatic carbocycles. The van der Waals surface area contributed by atoms with E-state index in [0.717, 1.165) is 30.9 Å². The van der Waals surface area contributed by atoms with Crippen molar-refractivity contribution in [3.63, 3.8) is 0 Å². The van der Waals surface area contributed by atoms with Crippen LogP contribution in [0.3, 0.4) is 0 Å². The number of H-pyrrole nitrogens is 1. The molecule has 0 aliphatic heterocycles. The van der Waals surface area contributed by atoms with Crippen LogP contribution < -0.4 is 4.74 Å². The Morgan fingerprint density at radius 2 is 1.81 bits per heavy atom. The lowest BCUT2D eigenvalue weighted by molar-refractivity contribution is 0.303. The number of ether oxygens (including phenoxy) is 1. The zero-order valence-electron chi connectivity index (χ0n) is 13.1. The van der Waals surface area contributed by atoms with Gasteiger partial charge >= 0.3 is 0 Å². The van der Waals surface area contributed by atoms with E-state index in [0.29, 0.717) is 0 Å². The Morgan fingerprint density at radius 3 is 2.48 bits per heavy atom. The summed E-state index contributed by atoms with van der Waals surface area (Å²) in [5, 5.41) is 7.27. The van der Waals surface area contributed by atoms with Gasteiger partial charge in [-0.25, -0.2) is 0 Å². The van der Waals surface area contributed by atoms with Gasteiger partial charge in [0, 0.05) is 5.69 Å². The van der Waals surface area contributed by atoms with E-state index in [2.05, 4.69) is 37.0 Å². The number of aryl methyl sites for hydroxylation is 3. The number of nitrogens with one attached hydrogen (secondary N) is 1. The molecule has 0 unspecified atom stereocenters. The lowest BCUT2D eigenvalue weighted by Crippen LogP contribution is -1.99. The summed E-state index contributed by atoms with van der Waals surface area (Å²) in [5.74, 6) is 1.01. The molecule has 21 heavy (non-hydrogen) atoms. The van der Waals surface area contributed by atoms with Crippen LogP contribution in [-0.4, -0.2) is 16.8 Å². The highest BCUT2D eigenvalue weighted by atomic mass is 35.5. The molecule has 2 aromatic rings. The Hall–Kier alpha value is -1.48. The summed E-state index contributed by atoms with van der Waals surface area (Å²) < 4.78 is 5.80. The van der Waals surface area contributed by atoms with Gasteiger partial charge in [0.05, 0.1) is 12.3 Å². The number of aromatic nitrogens is 2. The van der Waals surface area contributed by atoms with E-state index < -0.39 is 0 Å². The first-order chi connectivity index (χ1) is 9.68. The number of nitrogens with zero attached hydrogens (tertiary/aromatic N) is 1. The molecule has 1 aromatic heterocycles. The summed E-state index contributed by atoms with van der Waals surface area (Å²) in [7, 11) is 0. The fourth-order valence-corrected chi connectivity index (χ4v) is 2.42. The molecule has 3 nitrogen and oxygen atoms in total. The van der Waals surface area contributed by atoms with E-state index in [1.807, 2.05) is 18.2 Å². The summed E-state index contributed by atoms with van der Waals surface area (Å²) in [6.45, 7) is 7.05. The fraction of sp³-hybridized carbons (Fsp3) is 0.471. The van der Waals surface area contributed by atoms with E-state index in [1.165, 1.54) is 29.7 Å². The first-order valence-electron chi connectivity index (χ1n) is 7.37. The number of halogens is 1. The lowest BCUT2D eigenvalue weighted by atomic mass is 10.1. The molecular weight excluding hydrogens is 284 g/mol. The quantitative estimate of drug-likeness (QED) is 0.762. The Morgan fingerprint density at radius 1 is 1.05 bits per heavy atom. The van der Waals surface area contributed by atoms with Crippen LogP contribution in [0.4, 0.5) is 0 Å². The zero-order valence-corrected chi connectivity index (χ0v) is 13.9. The summed E-state index contributed by atoms with van der Waals surface area (Å²) >= 11 is 0. The van der Waals surface area contributed by atoms with Crippen molar-refractivity contribution < 1.29 is 4.74 Å². The third-order valence-electron chi connectivity index (χ3n) is 3.70. The number of para-hydroxylation sites is 1. The summed E-state index contributed by atoms with van der Waals surface area (Å²) in [5.41, 5.74) is 4.93. The van der Waals surface area contributed by atoms with Crippen molar-refractivity contribution in [2.24, 2.45) is 0 Å². The number of benzene rings is 1. The second-order valence-electron chi connectivity index (χ2n) is 5.34. The average molecular weight is 309 g/mol. The highest BCUT2D eigenvalue weighted by Gasteiger charge is 2.05. The fourth-order valence-electron chi connectivity index (χ4n) is 2.42. The number of hydrogen-bond acceptors (Lipinski definition) is 2. The lowest BCUT2D eigenvalue weighted by Gasteiger charge is -2.08. The van der Waals surface area contributed by atoms with Crippen molar-refractivity contribution in [3.05, 3.63) is 46.8 Å². The molecule has 2 rings (SSSR count). The molecule has 0 aliphatic rings. The largest absolute Gasteiger partial charge is 0.493 e. The minimum absolute atomic E-state index is 0. The molecule has 0 atom stereocenters. The number of unbranched alkanes of at least 4 members (excludes halogenated alkanes) is 2. The predicted octanol–water partition coefficient (Wildman–Crippen LogP) is 4.55. The Kier molecular flexibility index (Phi) is 7.30. The number of hydrogen-bond donors (Lipinski definition) is 1. The van der Waals surface area contributed by atoms with Crippen molar-refractivity contribution in [2.45, 2.75) is 46.5 Å². The van der Waals surface area contributed by atoms with Crippen molar-refractivity contribution in [1.82, 2.24) is 10.2 Å². The van der Waals surface area contributed by atoms with Crippen LogP contribution >= 0.6 is 12.4 Å². The van der Waals surface area contributed by atoms with Gasteiger partial charge in [0.1, 0.15) is 5.75 Å². The molecule has 0 bridgehead atoms. The van der Waals surface area contributed by atoms with Crippen LogP contribution in [0.1, 0.15) is 41.8 Å². The van der Waals surface area contributed by atoms with Gasteiger partial charge in [0.15, 0.2) is 0 Å². The molecule has 4 heteroatoms. The minimum Gasteiger partial charge on any atom is -0.493 e. The summed E-state index contributed by atoms with van der Waals surface area (Å²) in [4.78, 5) is 0. The smallest absolute Gasteiger partial charge is 0.122 e. The normalized spacial score (nSPS) is 10.2. The molecule has 0 spiro atoms. The monoisotopic (exact) mass is 308 g/mol. The van der Waals surface area contributed by atoms with Gasteiger partial charge in [-0.05, 0) is 63.6 Å². The third-order valence-corrected chi connectivity index (χ3v) is 3.70. The van der Waals surface area contributed by atoms with E-state index in [4.69, 9.17) is 4.74 Å². The van der Waals surface area contributed by atoms with Crippen molar-refractivity contribution >= 4 is 12.4 Å². The molecule has 1 heterocycles. The molecule has 1 N–H and O–H groups in total. The minimum atomic E-state index is 0. The van der Waals surface area contributed by atoms with Crippen LogP contribution in [-0.2, 0) is 6.42 Å². The maximum atomic E-state index is 5.80.